The van der Waals surface area contributed by atoms with Gasteiger partial charge in [0.2, 0.25) is 5.91 Å². The Hall–Kier alpha value is -3.35. The summed E-state index contributed by atoms with van der Waals surface area (Å²) in [7, 11) is 0. The van der Waals surface area contributed by atoms with Crippen molar-refractivity contribution in [2.75, 3.05) is 24.7 Å². The number of ketones is 1. The van der Waals surface area contributed by atoms with Crippen LogP contribution in [0.25, 0.3) is 0 Å². The highest BCUT2D eigenvalue weighted by atomic mass is 16.5. The molecule has 1 aliphatic heterocycles. The molecule has 0 spiro atoms. The molecule has 1 atom stereocenters. The van der Waals surface area contributed by atoms with Gasteiger partial charge in [0.1, 0.15) is 17.5 Å². The molecule has 1 aliphatic rings. The van der Waals surface area contributed by atoms with Crippen LogP contribution in [0.5, 0.6) is 11.5 Å². The Morgan fingerprint density at radius 2 is 1.97 bits per heavy atom. The van der Waals surface area contributed by atoms with Crippen LogP contribution >= 0.6 is 0 Å². The first-order valence-corrected chi connectivity index (χ1v) is 10.1. The Bertz CT molecular complexity index is 913. The fourth-order valence-electron chi connectivity index (χ4n) is 3.17. The summed E-state index contributed by atoms with van der Waals surface area (Å²) in [6, 6.07) is 13.2. The molecular formula is C23H26N2O5. The van der Waals surface area contributed by atoms with Crippen molar-refractivity contribution in [3.8, 4) is 11.5 Å². The monoisotopic (exact) mass is 410 g/mol. The Balaban J connectivity index is 1.77. The van der Waals surface area contributed by atoms with Crippen molar-refractivity contribution in [1.82, 2.24) is 5.32 Å². The number of benzene rings is 2. The molecule has 0 bridgehead atoms. The second-order valence-electron chi connectivity index (χ2n) is 7.08. The minimum atomic E-state index is -0.720. The number of carbonyl (C=O) groups excluding carboxylic acids is 3. The van der Waals surface area contributed by atoms with Crippen LogP contribution in [0, 0.1) is 0 Å². The summed E-state index contributed by atoms with van der Waals surface area (Å²) in [5.74, 6) is 0.254. The summed E-state index contributed by atoms with van der Waals surface area (Å²) in [4.78, 5) is 39.1. The molecule has 158 valence electrons. The number of Topliss-reactive ketones (excluding diaryl/α,β-unsaturated/α-hetero) is 1. The van der Waals surface area contributed by atoms with E-state index in [9.17, 15) is 14.4 Å². The zero-order valence-corrected chi connectivity index (χ0v) is 17.2. The Morgan fingerprint density at radius 1 is 1.20 bits per heavy atom. The van der Waals surface area contributed by atoms with Crippen LogP contribution < -0.4 is 19.7 Å². The van der Waals surface area contributed by atoms with Gasteiger partial charge in [0, 0.05) is 12.1 Å². The number of carbonyl (C=O) groups is 3. The van der Waals surface area contributed by atoms with Gasteiger partial charge in [-0.2, -0.15) is 0 Å². The maximum atomic E-state index is 12.6. The van der Waals surface area contributed by atoms with Crippen molar-refractivity contribution in [3.63, 3.8) is 0 Å². The second kappa shape index (κ2) is 9.91. The van der Waals surface area contributed by atoms with Gasteiger partial charge in [0.15, 0.2) is 19.0 Å². The van der Waals surface area contributed by atoms with Crippen molar-refractivity contribution < 1.29 is 23.9 Å². The molecule has 0 fully saturated rings. The number of ether oxygens (including phenoxy) is 2. The fraction of sp³-hybridized carbons (Fsp3) is 0.348. The molecule has 7 heteroatoms. The van der Waals surface area contributed by atoms with Crippen molar-refractivity contribution in [1.29, 1.82) is 0 Å². The van der Waals surface area contributed by atoms with Crippen LogP contribution in [0.4, 0.5) is 5.69 Å². The van der Waals surface area contributed by atoms with Crippen molar-refractivity contribution >= 4 is 23.3 Å². The van der Waals surface area contributed by atoms with E-state index >= 15 is 0 Å². The van der Waals surface area contributed by atoms with Crippen molar-refractivity contribution in [2.24, 2.45) is 0 Å². The lowest BCUT2D eigenvalue weighted by molar-refractivity contribution is -0.127. The summed E-state index contributed by atoms with van der Waals surface area (Å²) >= 11 is 0. The first-order chi connectivity index (χ1) is 14.5. The van der Waals surface area contributed by atoms with Gasteiger partial charge >= 0.3 is 0 Å². The molecule has 1 heterocycles. The number of hydrogen-bond donors (Lipinski definition) is 1. The molecule has 7 nitrogen and oxygen atoms in total. The first kappa shape index (κ1) is 21.4. The van der Waals surface area contributed by atoms with Crippen LogP contribution in [0.15, 0.2) is 48.5 Å². The lowest BCUT2D eigenvalue weighted by Gasteiger charge is -2.33. The standard InChI is InChI=1S/C23H26N2O5/c1-3-4-12-24-23(28)16(2)25-19-13-17(10-11-21(19)30-15-22(25)27)20(26)14-29-18-8-6-5-7-9-18/h5-11,13,16H,3-4,12,14-15H2,1-2H3,(H,24,28). The number of nitrogens with zero attached hydrogens (tertiary/aromatic N) is 1. The number of para-hydroxylation sites is 1. The molecule has 0 aromatic heterocycles. The van der Waals surface area contributed by atoms with E-state index in [1.165, 1.54) is 4.90 Å². The van der Waals surface area contributed by atoms with Crippen LogP contribution in [-0.2, 0) is 9.59 Å². The number of nitrogens with one attached hydrogen (secondary N) is 1. The molecule has 2 amide bonds. The topological polar surface area (TPSA) is 84.9 Å². The van der Waals surface area contributed by atoms with Crippen molar-refractivity contribution in [2.45, 2.75) is 32.7 Å². The molecule has 0 aliphatic carbocycles. The summed E-state index contributed by atoms with van der Waals surface area (Å²) in [6.45, 7) is 3.98. The predicted octanol–water partition coefficient (Wildman–Crippen LogP) is 2.98. The van der Waals surface area contributed by atoms with Crippen LogP contribution in [-0.4, -0.2) is 43.4 Å². The highest BCUT2D eigenvalue weighted by Crippen LogP contribution is 2.34. The molecule has 30 heavy (non-hydrogen) atoms. The van der Waals surface area contributed by atoms with Gasteiger partial charge in [0.05, 0.1) is 5.69 Å². The lowest BCUT2D eigenvalue weighted by atomic mass is 10.1. The average Bonchev–Trinajstić information content (AvgIpc) is 2.77. The fourth-order valence-corrected chi connectivity index (χ4v) is 3.17. The minimum absolute atomic E-state index is 0.134. The van der Waals surface area contributed by atoms with Gasteiger partial charge in [-0.25, -0.2) is 0 Å². The molecule has 2 aromatic carbocycles. The van der Waals surface area contributed by atoms with E-state index in [1.54, 1.807) is 37.3 Å². The predicted molar refractivity (Wildman–Crippen MR) is 113 cm³/mol. The Labute approximate surface area is 176 Å². The number of fused-ring (bicyclic) bond motifs is 1. The quantitative estimate of drug-likeness (QED) is 0.507. The molecule has 3 rings (SSSR count). The van der Waals surface area contributed by atoms with Crippen LogP contribution in [0.3, 0.4) is 0 Å². The molecule has 0 saturated heterocycles. The first-order valence-electron chi connectivity index (χ1n) is 10.1. The van der Waals surface area contributed by atoms with Gasteiger partial charge in [-0.3, -0.25) is 19.3 Å². The van der Waals surface area contributed by atoms with E-state index in [-0.39, 0.29) is 30.8 Å². The van der Waals surface area contributed by atoms with Gasteiger partial charge in [-0.05, 0) is 43.7 Å². The third kappa shape index (κ3) is 4.97. The molecule has 0 radical (unpaired) electrons. The Kier molecular flexibility index (Phi) is 7.06. The maximum Gasteiger partial charge on any atom is 0.265 e. The highest BCUT2D eigenvalue weighted by Gasteiger charge is 2.33. The normalized spacial score (nSPS) is 13.8. The van der Waals surface area contributed by atoms with Crippen molar-refractivity contribution in [3.05, 3.63) is 54.1 Å². The van der Waals surface area contributed by atoms with E-state index in [0.717, 1.165) is 12.8 Å². The Morgan fingerprint density at radius 3 is 2.70 bits per heavy atom. The maximum absolute atomic E-state index is 12.6. The number of hydrogen-bond acceptors (Lipinski definition) is 5. The lowest BCUT2D eigenvalue weighted by Crippen LogP contribution is -2.51. The second-order valence-corrected chi connectivity index (χ2v) is 7.08. The number of rotatable bonds is 9. The minimum Gasteiger partial charge on any atom is -0.485 e. The van der Waals surface area contributed by atoms with Gasteiger partial charge < -0.3 is 14.8 Å². The van der Waals surface area contributed by atoms with Gasteiger partial charge in [0.25, 0.3) is 5.91 Å². The summed E-state index contributed by atoms with van der Waals surface area (Å²) in [5.41, 5.74) is 0.793. The molecule has 1 unspecified atom stereocenters. The third-order valence-corrected chi connectivity index (χ3v) is 4.87. The molecule has 1 N–H and O–H groups in total. The largest absolute Gasteiger partial charge is 0.485 e. The number of anilines is 1. The summed E-state index contributed by atoms with van der Waals surface area (Å²) in [6.07, 6.45) is 1.83. The van der Waals surface area contributed by atoms with E-state index in [0.29, 0.717) is 29.3 Å². The van der Waals surface area contributed by atoms with Crippen LogP contribution in [0.1, 0.15) is 37.0 Å². The zero-order chi connectivity index (χ0) is 21.5. The van der Waals surface area contributed by atoms with E-state index in [2.05, 4.69) is 5.32 Å². The van der Waals surface area contributed by atoms with Gasteiger partial charge in [-0.1, -0.05) is 31.5 Å². The van der Waals surface area contributed by atoms with E-state index in [4.69, 9.17) is 9.47 Å². The van der Waals surface area contributed by atoms with Gasteiger partial charge in [-0.15, -0.1) is 0 Å². The zero-order valence-electron chi connectivity index (χ0n) is 17.2. The smallest absolute Gasteiger partial charge is 0.265 e. The molecule has 0 saturated carbocycles. The molecule has 2 aromatic rings. The number of unbranched alkanes of at least 4 members (excludes halogenated alkanes) is 1. The SMILES string of the molecule is CCCCNC(=O)C(C)N1C(=O)COc2ccc(C(=O)COc3ccccc3)cc21. The molecular weight excluding hydrogens is 384 g/mol. The number of amides is 2. The average molecular weight is 410 g/mol. The summed E-state index contributed by atoms with van der Waals surface area (Å²) < 4.78 is 11.0. The highest BCUT2D eigenvalue weighted by molar-refractivity contribution is 6.05. The third-order valence-electron chi connectivity index (χ3n) is 4.87. The van der Waals surface area contributed by atoms with Crippen LogP contribution in [0.2, 0.25) is 0 Å². The summed E-state index contributed by atoms with van der Waals surface area (Å²) in [5, 5.41) is 2.85. The van der Waals surface area contributed by atoms with E-state index < -0.39 is 6.04 Å². The van der Waals surface area contributed by atoms with E-state index in [1.807, 2.05) is 25.1 Å².